The molecule has 25 heavy (non-hydrogen) atoms. The third-order valence-corrected chi connectivity index (χ3v) is 4.13. The van der Waals surface area contributed by atoms with Crippen LogP contribution < -0.4 is 10.6 Å². The maximum absolute atomic E-state index is 12.3. The minimum Gasteiger partial charge on any atom is -0.348 e. The highest BCUT2D eigenvalue weighted by Gasteiger charge is 2.13. The summed E-state index contributed by atoms with van der Waals surface area (Å²) in [6.45, 7) is 2.26. The van der Waals surface area contributed by atoms with Crippen LogP contribution in [0.15, 0.2) is 42.5 Å². The number of nitrogens with one attached hydrogen (secondary N) is 2. The van der Waals surface area contributed by atoms with Gasteiger partial charge in [0.15, 0.2) is 0 Å². The molecule has 0 saturated carbocycles. The third kappa shape index (κ3) is 4.38. The van der Waals surface area contributed by atoms with E-state index in [1.165, 1.54) is 16.0 Å². The van der Waals surface area contributed by atoms with Gasteiger partial charge in [-0.25, -0.2) is 0 Å². The summed E-state index contributed by atoms with van der Waals surface area (Å²) >= 11 is 0. The molecule has 0 atom stereocenters. The normalized spacial score (nSPS) is 12.1. The van der Waals surface area contributed by atoms with Gasteiger partial charge in [0.25, 0.3) is 11.8 Å². The predicted octanol–water partition coefficient (Wildman–Crippen LogP) is 2.34. The van der Waals surface area contributed by atoms with E-state index >= 15 is 0 Å². The van der Waals surface area contributed by atoms with E-state index < -0.39 is 0 Å². The highest BCUT2D eigenvalue weighted by atomic mass is 35.5. The van der Waals surface area contributed by atoms with Gasteiger partial charge >= 0.3 is 0 Å². The summed E-state index contributed by atoms with van der Waals surface area (Å²) in [6.07, 6.45) is 0. The van der Waals surface area contributed by atoms with Crippen LogP contribution in [0.2, 0.25) is 0 Å². The van der Waals surface area contributed by atoms with Crippen molar-refractivity contribution in [2.75, 3.05) is 14.1 Å². The fraction of sp³-hybridized carbons (Fsp3) is 0.263. The summed E-state index contributed by atoms with van der Waals surface area (Å²) in [5.41, 5.74) is 4.69. The Balaban J connectivity index is 0.00000225. The zero-order chi connectivity index (χ0) is 17.1. The first-order chi connectivity index (χ1) is 11.5. The van der Waals surface area contributed by atoms with E-state index in [-0.39, 0.29) is 24.2 Å². The number of nitrogens with zero attached hydrogens (tertiary/aromatic N) is 1. The molecule has 0 aromatic heterocycles. The number of hydrogen-bond acceptors (Lipinski definition) is 3. The average Bonchev–Trinajstić information content (AvgIpc) is 3.06. The Morgan fingerprint density at radius 1 is 1.04 bits per heavy atom. The van der Waals surface area contributed by atoms with Crippen molar-refractivity contribution in [2.24, 2.45) is 0 Å². The molecule has 3 rings (SSSR count). The Bertz CT molecular complexity index is 790. The SMILES string of the molecule is CN(C)C(=O)c1cccc(C(=O)NCc2ccc3c(c2)CNC3)c1.Cl. The van der Waals surface area contributed by atoms with E-state index in [4.69, 9.17) is 0 Å². The van der Waals surface area contributed by atoms with Crippen LogP contribution >= 0.6 is 12.4 Å². The molecule has 0 bridgehead atoms. The third-order valence-electron chi connectivity index (χ3n) is 4.13. The van der Waals surface area contributed by atoms with Gasteiger partial charge in [-0.15, -0.1) is 12.4 Å². The van der Waals surface area contributed by atoms with Crippen LogP contribution in [0.4, 0.5) is 0 Å². The first-order valence-electron chi connectivity index (χ1n) is 7.96. The molecule has 1 heterocycles. The summed E-state index contributed by atoms with van der Waals surface area (Å²) in [5, 5.41) is 6.23. The van der Waals surface area contributed by atoms with Gasteiger partial charge in [-0.2, -0.15) is 0 Å². The van der Waals surface area contributed by atoms with Crippen LogP contribution in [0, 0.1) is 0 Å². The lowest BCUT2D eigenvalue weighted by atomic mass is 10.1. The first kappa shape index (κ1) is 19.0. The molecule has 0 radical (unpaired) electrons. The molecule has 0 aliphatic carbocycles. The Kier molecular flexibility index (Phi) is 6.17. The van der Waals surface area contributed by atoms with Crippen molar-refractivity contribution in [2.45, 2.75) is 19.6 Å². The second-order valence-corrected chi connectivity index (χ2v) is 6.17. The molecule has 6 heteroatoms. The van der Waals surface area contributed by atoms with E-state index in [1.54, 1.807) is 38.4 Å². The molecule has 0 unspecified atom stereocenters. The van der Waals surface area contributed by atoms with E-state index in [9.17, 15) is 9.59 Å². The molecule has 2 amide bonds. The van der Waals surface area contributed by atoms with Gasteiger partial charge in [-0.3, -0.25) is 9.59 Å². The standard InChI is InChI=1S/C19H21N3O2.ClH/c1-22(2)19(24)15-5-3-4-14(9-15)18(23)21-10-13-6-7-16-11-20-12-17(16)8-13;/h3-9,20H,10-12H2,1-2H3,(H,21,23);1H. The van der Waals surface area contributed by atoms with Gasteiger partial charge in [0.05, 0.1) is 0 Å². The smallest absolute Gasteiger partial charge is 0.253 e. The fourth-order valence-electron chi connectivity index (χ4n) is 2.79. The van der Waals surface area contributed by atoms with Crippen molar-refractivity contribution in [3.05, 3.63) is 70.3 Å². The Morgan fingerprint density at radius 3 is 2.52 bits per heavy atom. The molecular formula is C19H22ClN3O2. The second-order valence-electron chi connectivity index (χ2n) is 6.17. The van der Waals surface area contributed by atoms with Crippen LogP contribution in [0.5, 0.6) is 0 Å². The number of benzene rings is 2. The minimum atomic E-state index is -0.179. The molecule has 132 valence electrons. The van der Waals surface area contributed by atoms with Crippen LogP contribution in [-0.2, 0) is 19.6 Å². The van der Waals surface area contributed by atoms with Crippen LogP contribution in [0.3, 0.4) is 0 Å². The quantitative estimate of drug-likeness (QED) is 0.880. The lowest BCUT2D eigenvalue weighted by Gasteiger charge is -2.11. The number of fused-ring (bicyclic) bond motifs is 1. The Labute approximate surface area is 153 Å². The molecule has 5 nitrogen and oxygen atoms in total. The molecule has 0 fully saturated rings. The lowest BCUT2D eigenvalue weighted by molar-refractivity contribution is 0.0827. The van der Waals surface area contributed by atoms with Gasteiger partial charge in [0.1, 0.15) is 0 Å². The lowest BCUT2D eigenvalue weighted by Crippen LogP contribution is -2.25. The maximum Gasteiger partial charge on any atom is 0.253 e. The summed E-state index contributed by atoms with van der Waals surface area (Å²) in [6, 6.07) is 13.1. The number of carbonyl (C=O) groups is 2. The van der Waals surface area contributed by atoms with Gasteiger partial charge in [0.2, 0.25) is 0 Å². The van der Waals surface area contributed by atoms with Crippen molar-refractivity contribution < 1.29 is 9.59 Å². The van der Waals surface area contributed by atoms with Gasteiger partial charge in [0, 0.05) is 44.9 Å². The first-order valence-corrected chi connectivity index (χ1v) is 7.96. The summed E-state index contributed by atoms with van der Waals surface area (Å²) in [4.78, 5) is 25.8. The Morgan fingerprint density at radius 2 is 1.76 bits per heavy atom. The zero-order valence-corrected chi connectivity index (χ0v) is 15.2. The molecule has 2 aromatic rings. The number of rotatable bonds is 4. The van der Waals surface area contributed by atoms with Gasteiger partial charge < -0.3 is 15.5 Å². The van der Waals surface area contributed by atoms with E-state index in [2.05, 4.69) is 22.8 Å². The van der Waals surface area contributed by atoms with E-state index in [0.717, 1.165) is 18.7 Å². The van der Waals surface area contributed by atoms with Crippen molar-refractivity contribution in [3.8, 4) is 0 Å². The van der Waals surface area contributed by atoms with E-state index in [1.807, 2.05) is 6.07 Å². The van der Waals surface area contributed by atoms with Crippen LogP contribution in [-0.4, -0.2) is 30.8 Å². The van der Waals surface area contributed by atoms with Crippen molar-refractivity contribution in [3.63, 3.8) is 0 Å². The zero-order valence-electron chi connectivity index (χ0n) is 14.3. The molecule has 2 aromatic carbocycles. The molecular weight excluding hydrogens is 338 g/mol. The van der Waals surface area contributed by atoms with Crippen molar-refractivity contribution >= 4 is 24.2 Å². The summed E-state index contributed by atoms with van der Waals surface area (Å²) in [5.74, 6) is -0.294. The number of hydrogen-bond donors (Lipinski definition) is 2. The molecule has 1 aliphatic rings. The highest BCUT2D eigenvalue weighted by molar-refractivity contribution is 5.99. The average molecular weight is 360 g/mol. The number of amides is 2. The predicted molar refractivity (Wildman–Crippen MR) is 99.9 cm³/mol. The molecule has 2 N–H and O–H groups in total. The Hall–Kier alpha value is -2.37. The summed E-state index contributed by atoms with van der Waals surface area (Å²) < 4.78 is 0. The topological polar surface area (TPSA) is 61.4 Å². The summed E-state index contributed by atoms with van der Waals surface area (Å²) in [7, 11) is 3.38. The molecule has 0 saturated heterocycles. The van der Waals surface area contributed by atoms with E-state index in [0.29, 0.717) is 17.7 Å². The largest absolute Gasteiger partial charge is 0.348 e. The van der Waals surface area contributed by atoms with Crippen molar-refractivity contribution in [1.82, 2.24) is 15.5 Å². The fourth-order valence-corrected chi connectivity index (χ4v) is 2.79. The number of carbonyl (C=O) groups excluding carboxylic acids is 2. The van der Waals surface area contributed by atoms with Crippen LogP contribution in [0.1, 0.15) is 37.4 Å². The van der Waals surface area contributed by atoms with Crippen molar-refractivity contribution in [1.29, 1.82) is 0 Å². The minimum absolute atomic E-state index is 0. The van der Waals surface area contributed by atoms with Gasteiger partial charge in [-0.1, -0.05) is 24.3 Å². The molecule has 0 spiro atoms. The molecule has 1 aliphatic heterocycles. The van der Waals surface area contributed by atoms with Gasteiger partial charge in [-0.05, 0) is 34.9 Å². The highest BCUT2D eigenvalue weighted by Crippen LogP contribution is 2.17. The monoisotopic (exact) mass is 359 g/mol. The maximum atomic E-state index is 12.3. The second kappa shape index (κ2) is 8.14. The number of halogens is 1. The van der Waals surface area contributed by atoms with Crippen LogP contribution in [0.25, 0.3) is 0 Å².